The molecular weight excluding hydrogens is 238 g/mol. The zero-order valence-electron chi connectivity index (χ0n) is 10.9. The van der Waals surface area contributed by atoms with E-state index in [1.54, 1.807) is 0 Å². The lowest BCUT2D eigenvalue weighted by atomic mass is 10.0. The monoisotopic (exact) mass is 257 g/mol. The summed E-state index contributed by atoms with van der Waals surface area (Å²) in [5, 5.41) is 3.34. The Hall–Kier alpha value is -1.81. The molecule has 1 fully saturated rings. The summed E-state index contributed by atoms with van der Waals surface area (Å²) in [6.07, 6.45) is 4.72. The van der Waals surface area contributed by atoms with Crippen molar-refractivity contribution in [2.45, 2.75) is 25.3 Å². The van der Waals surface area contributed by atoms with E-state index in [-0.39, 0.29) is 5.69 Å². The zero-order valence-corrected chi connectivity index (χ0v) is 10.9. The number of H-pyrrole nitrogens is 1. The number of benzene rings is 1. The number of rotatable bonds is 3. The van der Waals surface area contributed by atoms with E-state index in [0.29, 0.717) is 6.04 Å². The molecule has 0 radical (unpaired) electrons. The molecule has 0 saturated carbocycles. The Kier molecular flexibility index (Phi) is 3.51. The standard InChI is InChI=1S/C15H19N3O/c19-15-17-11-14(10-12-4-2-1-3-5-12)18(15)13-6-8-16-9-7-13/h1-5,11,13,16H,6-10H2,(H,17,19). The van der Waals surface area contributed by atoms with Crippen molar-refractivity contribution in [3.8, 4) is 0 Å². The van der Waals surface area contributed by atoms with E-state index in [0.717, 1.165) is 38.0 Å². The van der Waals surface area contributed by atoms with E-state index >= 15 is 0 Å². The van der Waals surface area contributed by atoms with E-state index in [1.807, 2.05) is 29.0 Å². The van der Waals surface area contributed by atoms with Crippen molar-refractivity contribution in [2.24, 2.45) is 0 Å². The van der Waals surface area contributed by atoms with Gasteiger partial charge in [-0.2, -0.15) is 0 Å². The number of piperidine rings is 1. The predicted octanol–water partition coefficient (Wildman–Crippen LogP) is 1.69. The van der Waals surface area contributed by atoms with Crippen molar-refractivity contribution in [3.63, 3.8) is 0 Å². The summed E-state index contributed by atoms with van der Waals surface area (Å²) in [6.45, 7) is 1.99. The van der Waals surface area contributed by atoms with Crippen molar-refractivity contribution >= 4 is 0 Å². The molecule has 2 aromatic rings. The van der Waals surface area contributed by atoms with Gasteiger partial charge in [0.2, 0.25) is 0 Å². The second-order valence-corrected chi connectivity index (χ2v) is 5.10. The largest absolute Gasteiger partial charge is 0.325 e. The number of aromatic amines is 1. The van der Waals surface area contributed by atoms with Crippen molar-refractivity contribution in [1.82, 2.24) is 14.9 Å². The predicted molar refractivity (Wildman–Crippen MR) is 75.4 cm³/mol. The number of hydrogen-bond donors (Lipinski definition) is 2. The lowest BCUT2D eigenvalue weighted by Crippen LogP contribution is -2.34. The van der Waals surface area contributed by atoms with Gasteiger partial charge in [-0.1, -0.05) is 30.3 Å². The molecule has 100 valence electrons. The van der Waals surface area contributed by atoms with E-state index < -0.39 is 0 Å². The van der Waals surface area contributed by atoms with Crippen molar-refractivity contribution in [3.05, 3.63) is 58.3 Å². The molecule has 1 aliphatic heterocycles. The van der Waals surface area contributed by atoms with Crippen LogP contribution in [0.15, 0.2) is 41.3 Å². The lowest BCUT2D eigenvalue weighted by molar-refractivity contribution is 0.355. The highest BCUT2D eigenvalue weighted by Gasteiger charge is 2.19. The van der Waals surface area contributed by atoms with E-state index in [2.05, 4.69) is 22.4 Å². The van der Waals surface area contributed by atoms with Gasteiger partial charge in [0.1, 0.15) is 0 Å². The van der Waals surface area contributed by atoms with Crippen LogP contribution in [0.25, 0.3) is 0 Å². The van der Waals surface area contributed by atoms with E-state index in [9.17, 15) is 4.79 Å². The van der Waals surface area contributed by atoms with Crippen LogP contribution >= 0.6 is 0 Å². The SMILES string of the molecule is O=c1[nH]cc(Cc2ccccc2)n1C1CCNCC1. The third-order valence-corrected chi connectivity index (χ3v) is 3.79. The van der Waals surface area contributed by atoms with Crippen LogP contribution in [0, 0.1) is 0 Å². The first-order valence-electron chi connectivity index (χ1n) is 6.88. The number of aromatic nitrogens is 2. The molecule has 0 unspecified atom stereocenters. The number of imidazole rings is 1. The van der Waals surface area contributed by atoms with Gasteiger partial charge in [-0.3, -0.25) is 4.57 Å². The Balaban J connectivity index is 1.88. The Morgan fingerprint density at radius 2 is 1.89 bits per heavy atom. The van der Waals surface area contributed by atoms with Crippen LogP contribution in [-0.4, -0.2) is 22.6 Å². The molecule has 0 spiro atoms. The quantitative estimate of drug-likeness (QED) is 0.879. The molecule has 0 amide bonds. The van der Waals surface area contributed by atoms with Gasteiger partial charge in [-0.15, -0.1) is 0 Å². The maximum absolute atomic E-state index is 12.0. The smallest absolute Gasteiger partial charge is 0.317 e. The number of nitrogens with one attached hydrogen (secondary N) is 2. The van der Waals surface area contributed by atoms with Gasteiger partial charge in [0.15, 0.2) is 0 Å². The molecule has 2 heterocycles. The molecular formula is C15H19N3O. The van der Waals surface area contributed by atoms with Crippen LogP contribution < -0.4 is 11.0 Å². The highest BCUT2D eigenvalue weighted by Crippen LogP contribution is 2.19. The molecule has 0 atom stereocenters. The Morgan fingerprint density at radius 1 is 1.16 bits per heavy atom. The molecule has 4 nitrogen and oxygen atoms in total. The summed E-state index contributed by atoms with van der Waals surface area (Å²) >= 11 is 0. The van der Waals surface area contributed by atoms with Crippen LogP contribution in [0.3, 0.4) is 0 Å². The summed E-state index contributed by atoms with van der Waals surface area (Å²) < 4.78 is 1.95. The van der Waals surface area contributed by atoms with Gasteiger partial charge in [0, 0.05) is 24.4 Å². The minimum atomic E-state index is 0.0258. The molecule has 1 aromatic heterocycles. The van der Waals surface area contributed by atoms with Crippen molar-refractivity contribution in [2.75, 3.05) is 13.1 Å². The first-order chi connectivity index (χ1) is 9.34. The van der Waals surface area contributed by atoms with Crippen LogP contribution in [0.5, 0.6) is 0 Å². The second-order valence-electron chi connectivity index (χ2n) is 5.10. The Bertz CT molecular complexity index is 579. The lowest BCUT2D eigenvalue weighted by Gasteiger charge is -2.25. The summed E-state index contributed by atoms with van der Waals surface area (Å²) in [6, 6.07) is 10.6. The molecule has 1 saturated heterocycles. The van der Waals surface area contributed by atoms with E-state index in [1.165, 1.54) is 5.56 Å². The topological polar surface area (TPSA) is 49.8 Å². The fraction of sp³-hybridized carbons (Fsp3) is 0.400. The van der Waals surface area contributed by atoms with Crippen molar-refractivity contribution in [1.29, 1.82) is 0 Å². The minimum Gasteiger partial charge on any atom is -0.317 e. The summed E-state index contributed by atoms with van der Waals surface area (Å²) in [5.74, 6) is 0. The van der Waals surface area contributed by atoms with Crippen LogP contribution in [0.1, 0.15) is 30.1 Å². The maximum Gasteiger partial charge on any atom is 0.325 e. The third kappa shape index (κ3) is 2.63. The van der Waals surface area contributed by atoms with Crippen LogP contribution in [-0.2, 0) is 6.42 Å². The van der Waals surface area contributed by atoms with Gasteiger partial charge in [-0.05, 0) is 31.5 Å². The van der Waals surface area contributed by atoms with Crippen LogP contribution in [0.4, 0.5) is 0 Å². The van der Waals surface area contributed by atoms with Gasteiger partial charge in [-0.25, -0.2) is 4.79 Å². The highest BCUT2D eigenvalue weighted by molar-refractivity contribution is 5.21. The van der Waals surface area contributed by atoms with Crippen LogP contribution in [0.2, 0.25) is 0 Å². The zero-order chi connectivity index (χ0) is 13.1. The number of hydrogen-bond acceptors (Lipinski definition) is 2. The van der Waals surface area contributed by atoms with Gasteiger partial charge >= 0.3 is 5.69 Å². The highest BCUT2D eigenvalue weighted by atomic mass is 16.1. The second kappa shape index (κ2) is 5.45. The summed E-state index contributed by atoms with van der Waals surface area (Å²) in [7, 11) is 0. The molecule has 4 heteroatoms. The average molecular weight is 257 g/mol. The van der Waals surface area contributed by atoms with Gasteiger partial charge in [0.05, 0.1) is 0 Å². The fourth-order valence-electron chi connectivity index (χ4n) is 2.82. The maximum atomic E-state index is 12.0. The van der Waals surface area contributed by atoms with Gasteiger partial charge in [0.25, 0.3) is 0 Å². The fourth-order valence-corrected chi connectivity index (χ4v) is 2.82. The van der Waals surface area contributed by atoms with Crippen molar-refractivity contribution < 1.29 is 0 Å². The Labute approximate surface area is 112 Å². The molecule has 19 heavy (non-hydrogen) atoms. The number of nitrogens with zero attached hydrogens (tertiary/aromatic N) is 1. The first-order valence-corrected chi connectivity index (χ1v) is 6.88. The summed E-state index contributed by atoms with van der Waals surface area (Å²) in [4.78, 5) is 14.9. The normalized spacial score (nSPS) is 16.6. The molecule has 0 aliphatic carbocycles. The average Bonchev–Trinajstić information content (AvgIpc) is 2.82. The Morgan fingerprint density at radius 3 is 2.63 bits per heavy atom. The molecule has 0 bridgehead atoms. The van der Waals surface area contributed by atoms with Gasteiger partial charge < -0.3 is 10.3 Å². The first kappa shape index (κ1) is 12.2. The summed E-state index contributed by atoms with van der Waals surface area (Å²) in [5.41, 5.74) is 2.35. The molecule has 1 aliphatic rings. The minimum absolute atomic E-state index is 0.0258. The third-order valence-electron chi connectivity index (χ3n) is 3.79. The van der Waals surface area contributed by atoms with E-state index in [4.69, 9.17) is 0 Å². The molecule has 1 aromatic carbocycles. The molecule has 2 N–H and O–H groups in total. The molecule has 3 rings (SSSR count).